The van der Waals surface area contributed by atoms with Crippen molar-refractivity contribution in [1.82, 2.24) is 0 Å². The average molecular weight is 334 g/mol. The SMILES string of the molecule is NC(=O)c1cc(-c2ccc(-c3ccccc3)cc2)cc(C(N)=O)c1F. The standard InChI is InChI=1S/C20H15FN2O2/c21-18-16(19(22)24)10-15(11-17(18)20(23)25)14-8-6-13(7-9-14)12-4-2-1-3-5-12/h1-11H,(H2,22,24)(H2,23,25). The van der Waals surface area contributed by atoms with Crippen LogP contribution in [0.15, 0.2) is 66.7 Å². The molecule has 0 aliphatic carbocycles. The van der Waals surface area contributed by atoms with Crippen molar-refractivity contribution in [1.29, 1.82) is 0 Å². The highest BCUT2D eigenvalue weighted by atomic mass is 19.1. The smallest absolute Gasteiger partial charge is 0.251 e. The van der Waals surface area contributed by atoms with Crippen LogP contribution in [0.2, 0.25) is 0 Å². The minimum Gasteiger partial charge on any atom is -0.366 e. The van der Waals surface area contributed by atoms with Gasteiger partial charge >= 0.3 is 0 Å². The molecule has 0 aliphatic rings. The van der Waals surface area contributed by atoms with Crippen molar-refractivity contribution in [2.75, 3.05) is 0 Å². The zero-order chi connectivity index (χ0) is 18.0. The molecular formula is C20H15FN2O2. The van der Waals surface area contributed by atoms with Gasteiger partial charge in [0.15, 0.2) is 0 Å². The summed E-state index contributed by atoms with van der Waals surface area (Å²) in [5, 5.41) is 0. The number of carbonyl (C=O) groups is 2. The molecule has 25 heavy (non-hydrogen) atoms. The summed E-state index contributed by atoms with van der Waals surface area (Å²) in [4.78, 5) is 22.9. The predicted molar refractivity (Wildman–Crippen MR) is 94.3 cm³/mol. The first kappa shape index (κ1) is 16.4. The van der Waals surface area contributed by atoms with Gasteiger partial charge < -0.3 is 11.5 Å². The van der Waals surface area contributed by atoms with E-state index in [0.29, 0.717) is 11.1 Å². The second kappa shape index (κ2) is 6.57. The number of primary amides is 2. The summed E-state index contributed by atoms with van der Waals surface area (Å²) in [6.07, 6.45) is 0. The molecule has 3 aromatic carbocycles. The lowest BCUT2D eigenvalue weighted by molar-refractivity contribution is 0.0994. The molecule has 3 rings (SSSR count). The number of amides is 2. The molecule has 124 valence electrons. The molecular weight excluding hydrogens is 319 g/mol. The summed E-state index contributed by atoms with van der Waals surface area (Å²) in [7, 11) is 0. The molecule has 0 bridgehead atoms. The topological polar surface area (TPSA) is 86.2 Å². The maximum Gasteiger partial charge on any atom is 0.251 e. The number of rotatable bonds is 4. The van der Waals surface area contributed by atoms with Crippen LogP contribution in [-0.2, 0) is 0 Å². The zero-order valence-corrected chi connectivity index (χ0v) is 13.2. The Morgan fingerprint density at radius 3 is 1.48 bits per heavy atom. The quantitative estimate of drug-likeness (QED) is 0.766. The molecule has 0 fully saturated rings. The Morgan fingerprint density at radius 1 is 0.640 bits per heavy atom. The third-order valence-electron chi connectivity index (χ3n) is 3.93. The Kier molecular flexibility index (Phi) is 4.31. The van der Waals surface area contributed by atoms with E-state index in [0.717, 1.165) is 11.1 Å². The van der Waals surface area contributed by atoms with Crippen molar-refractivity contribution in [2.24, 2.45) is 11.5 Å². The Labute approximate surface area is 143 Å². The van der Waals surface area contributed by atoms with Crippen LogP contribution < -0.4 is 11.5 Å². The van der Waals surface area contributed by atoms with E-state index in [-0.39, 0.29) is 11.1 Å². The Morgan fingerprint density at radius 2 is 1.04 bits per heavy atom. The largest absolute Gasteiger partial charge is 0.366 e. The average Bonchev–Trinajstić information content (AvgIpc) is 2.62. The Hall–Kier alpha value is -3.47. The van der Waals surface area contributed by atoms with E-state index in [4.69, 9.17) is 11.5 Å². The number of benzene rings is 3. The highest BCUT2D eigenvalue weighted by Crippen LogP contribution is 2.27. The van der Waals surface area contributed by atoms with Crippen LogP contribution in [0.5, 0.6) is 0 Å². The predicted octanol–water partition coefficient (Wildman–Crippen LogP) is 3.36. The van der Waals surface area contributed by atoms with Crippen LogP contribution in [0, 0.1) is 5.82 Å². The normalized spacial score (nSPS) is 10.4. The van der Waals surface area contributed by atoms with Crippen LogP contribution in [-0.4, -0.2) is 11.8 Å². The molecule has 0 atom stereocenters. The van der Waals surface area contributed by atoms with E-state index in [1.807, 2.05) is 54.6 Å². The molecule has 0 unspecified atom stereocenters. The second-order valence-electron chi connectivity index (χ2n) is 5.56. The summed E-state index contributed by atoms with van der Waals surface area (Å²) >= 11 is 0. The molecule has 0 aliphatic heterocycles. The molecule has 0 saturated heterocycles. The van der Waals surface area contributed by atoms with Crippen molar-refractivity contribution in [2.45, 2.75) is 0 Å². The first-order valence-corrected chi connectivity index (χ1v) is 7.56. The molecule has 0 aromatic heterocycles. The summed E-state index contributed by atoms with van der Waals surface area (Å²) in [5.74, 6) is -2.91. The number of nitrogens with two attached hydrogens (primary N) is 2. The lowest BCUT2D eigenvalue weighted by atomic mass is 9.96. The fourth-order valence-electron chi connectivity index (χ4n) is 2.64. The van der Waals surface area contributed by atoms with Crippen LogP contribution in [0.1, 0.15) is 20.7 Å². The molecule has 0 spiro atoms. The van der Waals surface area contributed by atoms with Crippen molar-refractivity contribution in [3.63, 3.8) is 0 Å². The third-order valence-corrected chi connectivity index (χ3v) is 3.93. The van der Waals surface area contributed by atoms with Crippen LogP contribution in [0.25, 0.3) is 22.3 Å². The van der Waals surface area contributed by atoms with E-state index in [9.17, 15) is 14.0 Å². The van der Waals surface area contributed by atoms with Gasteiger partial charge in [-0.2, -0.15) is 0 Å². The number of carbonyl (C=O) groups excluding carboxylic acids is 2. The minimum absolute atomic E-state index is 0.363. The van der Waals surface area contributed by atoms with Crippen LogP contribution in [0.3, 0.4) is 0 Å². The number of hydrogen-bond donors (Lipinski definition) is 2. The maximum atomic E-state index is 14.2. The lowest BCUT2D eigenvalue weighted by Gasteiger charge is -2.09. The van der Waals surface area contributed by atoms with Gasteiger partial charge in [-0.25, -0.2) is 4.39 Å². The molecule has 0 radical (unpaired) electrons. The van der Waals surface area contributed by atoms with Gasteiger partial charge in [-0.3, -0.25) is 9.59 Å². The first-order chi connectivity index (χ1) is 12.0. The number of hydrogen-bond acceptors (Lipinski definition) is 2. The van der Waals surface area contributed by atoms with Gasteiger partial charge in [-0.1, -0.05) is 54.6 Å². The summed E-state index contributed by atoms with van der Waals surface area (Å²) < 4.78 is 14.2. The highest BCUT2D eigenvalue weighted by Gasteiger charge is 2.18. The molecule has 5 heteroatoms. The second-order valence-corrected chi connectivity index (χ2v) is 5.56. The zero-order valence-electron chi connectivity index (χ0n) is 13.2. The molecule has 4 N–H and O–H groups in total. The first-order valence-electron chi connectivity index (χ1n) is 7.56. The Balaban J connectivity index is 2.07. The molecule has 3 aromatic rings. The summed E-state index contributed by atoms with van der Waals surface area (Å²) in [6.45, 7) is 0. The van der Waals surface area contributed by atoms with E-state index < -0.39 is 17.6 Å². The number of halogens is 1. The van der Waals surface area contributed by atoms with E-state index in [1.54, 1.807) is 0 Å². The van der Waals surface area contributed by atoms with Crippen molar-refractivity contribution in [3.8, 4) is 22.3 Å². The molecule has 0 saturated carbocycles. The monoisotopic (exact) mass is 334 g/mol. The van der Waals surface area contributed by atoms with E-state index in [2.05, 4.69) is 0 Å². The van der Waals surface area contributed by atoms with E-state index in [1.165, 1.54) is 12.1 Å². The van der Waals surface area contributed by atoms with Gasteiger partial charge in [0.1, 0.15) is 5.82 Å². The molecule has 4 nitrogen and oxygen atoms in total. The molecule has 0 heterocycles. The summed E-state index contributed by atoms with van der Waals surface area (Å²) in [6, 6.07) is 19.9. The fraction of sp³-hybridized carbons (Fsp3) is 0. The fourth-order valence-corrected chi connectivity index (χ4v) is 2.64. The van der Waals surface area contributed by atoms with Crippen molar-refractivity contribution in [3.05, 3.63) is 83.7 Å². The van der Waals surface area contributed by atoms with Gasteiger partial charge in [-0.05, 0) is 34.4 Å². The van der Waals surface area contributed by atoms with Gasteiger partial charge in [-0.15, -0.1) is 0 Å². The summed E-state index contributed by atoms with van der Waals surface area (Å²) in [5.41, 5.74) is 12.9. The van der Waals surface area contributed by atoms with Crippen LogP contribution >= 0.6 is 0 Å². The van der Waals surface area contributed by atoms with Crippen molar-refractivity contribution >= 4 is 11.8 Å². The van der Waals surface area contributed by atoms with Gasteiger partial charge in [0.25, 0.3) is 11.8 Å². The maximum absolute atomic E-state index is 14.2. The Bertz CT molecular complexity index is 916. The molecule has 2 amide bonds. The third kappa shape index (κ3) is 3.26. The van der Waals surface area contributed by atoms with E-state index >= 15 is 0 Å². The van der Waals surface area contributed by atoms with Gasteiger partial charge in [0.05, 0.1) is 11.1 Å². The lowest BCUT2D eigenvalue weighted by Crippen LogP contribution is -2.19. The van der Waals surface area contributed by atoms with Gasteiger partial charge in [0.2, 0.25) is 0 Å². The highest BCUT2D eigenvalue weighted by molar-refractivity contribution is 6.00. The minimum atomic E-state index is -0.996. The van der Waals surface area contributed by atoms with Gasteiger partial charge in [0, 0.05) is 0 Å². The van der Waals surface area contributed by atoms with Crippen LogP contribution in [0.4, 0.5) is 4.39 Å². The van der Waals surface area contributed by atoms with Crippen molar-refractivity contribution < 1.29 is 14.0 Å².